The number of carbonyl (C=O) groups excluding carboxylic acids is 1. The molecule has 170 valence electrons. The molecular weight excluding hydrogens is 440 g/mol. The fraction of sp³-hybridized carbons (Fsp3) is 0.316. The van der Waals surface area contributed by atoms with Crippen LogP contribution in [0, 0.1) is 0 Å². The molecule has 3 rings (SSSR count). The van der Waals surface area contributed by atoms with Crippen LogP contribution in [0.4, 0.5) is 17.5 Å². The number of carboxylic acids is 2. The molecule has 0 saturated heterocycles. The van der Waals surface area contributed by atoms with Gasteiger partial charge in [-0.15, -0.1) is 11.8 Å². The highest BCUT2D eigenvalue weighted by molar-refractivity contribution is 8.00. The van der Waals surface area contributed by atoms with E-state index in [1.54, 1.807) is 12.1 Å². The topological polar surface area (TPSA) is 200 Å². The van der Waals surface area contributed by atoms with Crippen LogP contribution in [-0.4, -0.2) is 62.4 Å². The number of H-pyrrole nitrogens is 1. The van der Waals surface area contributed by atoms with Crippen molar-refractivity contribution in [3.8, 4) is 0 Å². The number of anilines is 3. The van der Waals surface area contributed by atoms with E-state index >= 15 is 0 Å². The molecule has 8 N–H and O–H groups in total. The Hall–Kier alpha value is -3.74. The maximum absolute atomic E-state index is 12.3. The van der Waals surface area contributed by atoms with Gasteiger partial charge >= 0.3 is 11.9 Å². The summed E-state index contributed by atoms with van der Waals surface area (Å²) in [6.45, 7) is 1.11. The van der Waals surface area contributed by atoms with Crippen molar-refractivity contribution < 1.29 is 24.6 Å². The number of fused-ring (bicyclic) bond motifs is 1. The summed E-state index contributed by atoms with van der Waals surface area (Å²) in [5.74, 6) is -2.52. The lowest BCUT2D eigenvalue weighted by molar-refractivity contribution is -0.140. The van der Waals surface area contributed by atoms with Gasteiger partial charge in [0.25, 0.3) is 11.5 Å². The number of rotatable bonds is 9. The molecule has 1 aromatic carbocycles. The van der Waals surface area contributed by atoms with E-state index in [2.05, 4.69) is 25.9 Å². The number of aromatic amines is 1. The molecular formula is C19H22N6O6S. The Labute approximate surface area is 186 Å². The molecule has 1 aliphatic rings. The highest BCUT2D eigenvalue weighted by atomic mass is 32.2. The fourth-order valence-corrected chi connectivity index (χ4v) is 4.03. The van der Waals surface area contributed by atoms with E-state index < -0.39 is 23.9 Å². The Kier molecular flexibility index (Phi) is 7.20. The Morgan fingerprint density at radius 3 is 2.62 bits per heavy atom. The Balaban J connectivity index is 1.54. The number of nitrogens with one attached hydrogen (secondary N) is 4. The van der Waals surface area contributed by atoms with Gasteiger partial charge in [0.1, 0.15) is 16.8 Å². The van der Waals surface area contributed by atoms with E-state index in [0.29, 0.717) is 23.8 Å². The molecule has 1 unspecified atom stereocenters. The molecule has 32 heavy (non-hydrogen) atoms. The summed E-state index contributed by atoms with van der Waals surface area (Å²) >= 11 is 1.39. The summed E-state index contributed by atoms with van der Waals surface area (Å²) in [7, 11) is 0. The number of thioether (sulfide) groups is 1. The quantitative estimate of drug-likeness (QED) is 0.272. The normalized spacial score (nSPS) is 15.7. The molecule has 0 fully saturated rings. The van der Waals surface area contributed by atoms with Gasteiger partial charge in [-0.2, -0.15) is 4.98 Å². The highest BCUT2D eigenvalue weighted by Gasteiger charge is 2.24. The van der Waals surface area contributed by atoms with Crippen LogP contribution in [0.2, 0.25) is 0 Å². The van der Waals surface area contributed by atoms with Crippen molar-refractivity contribution >= 4 is 47.1 Å². The summed E-state index contributed by atoms with van der Waals surface area (Å²) in [6, 6.07) is 5.13. The Morgan fingerprint density at radius 2 is 1.97 bits per heavy atom. The van der Waals surface area contributed by atoms with Crippen molar-refractivity contribution in [1.29, 1.82) is 0 Å². The smallest absolute Gasteiger partial charge is 0.326 e. The Morgan fingerprint density at radius 1 is 1.25 bits per heavy atom. The summed E-state index contributed by atoms with van der Waals surface area (Å²) < 4.78 is 0. The summed E-state index contributed by atoms with van der Waals surface area (Å²) in [5.41, 5.74) is 6.23. The van der Waals surface area contributed by atoms with Gasteiger partial charge in [0.2, 0.25) is 5.95 Å². The number of nitrogen functional groups attached to an aromatic ring is 1. The standard InChI is InChI=1S/C19H22N6O6S/c20-19-24-15-14(17(29)25-19)32-11(8-22-15)7-21-10-3-1-9(2-4-10)16(28)23-12(18(30)31)5-6-13(26)27/h1-4,11-12,21H,5-8H2,(H,23,28)(H,26,27)(H,30,31)(H4,20,22,24,25,29)/t11?,12-/m0/s1. The third-order valence-electron chi connectivity index (χ3n) is 4.61. The van der Waals surface area contributed by atoms with E-state index in [4.69, 9.17) is 15.9 Å². The average molecular weight is 462 g/mol. The van der Waals surface area contributed by atoms with Crippen LogP contribution in [0.3, 0.4) is 0 Å². The van der Waals surface area contributed by atoms with Crippen molar-refractivity contribution in [3.05, 3.63) is 40.2 Å². The van der Waals surface area contributed by atoms with Crippen molar-refractivity contribution in [2.45, 2.75) is 29.0 Å². The molecule has 0 bridgehead atoms. The molecule has 13 heteroatoms. The molecule has 1 aromatic heterocycles. The number of amides is 1. The van der Waals surface area contributed by atoms with Crippen LogP contribution in [0.5, 0.6) is 0 Å². The molecule has 0 saturated carbocycles. The van der Waals surface area contributed by atoms with Gasteiger partial charge in [-0.25, -0.2) is 4.79 Å². The number of benzene rings is 1. The largest absolute Gasteiger partial charge is 0.481 e. The summed E-state index contributed by atoms with van der Waals surface area (Å²) in [5, 5.41) is 26.5. The number of hydrogen-bond donors (Lipinski definition) is 7. The van der Waals surface area contributed by atoms with Gasteiger partial charge in [0.15, 0.2) is 0 Å². The van der Waals surface area contributed by atoms with Crippen molar-refractivity contribution in [2.24, 2.45) is 0 Å². The number of hydrogen-bond acceptors (Lipinski definition) is 9. The highest BCUT2D eigenvalue weighted by Crippen LogP contribution is 2.31. The third-order valence-corrected chi connectivity index (χ3v) is 5.89. The van der Waals surface area contributed by atoms with Gasteiger partial charge in [-0.05, 0) is 30.7 Å². The molecule has 1 aliphatic heterocycles. The van der Waals surface area contributed by atoms with E-state index in [1.165, 1.54) is 23.9 Å². The minimum absolute atomic E-state index is 0.0440. The second kappa shape index (κ2) is 10.0. The van der Waals surface area contributed by atoms with Crippen LogP contribution < -0.4 is 27.2 Å². The van der Waals surface area contributed by atoms with Gasteiger partial charge in [0.05, 0.1) is 0 Å². The van der Waals surface area contributed by atoms with Gasteiger partial charge in [-0.1, -0.05) is 0 Å². The van der Waals surface area contributed by atoms with Crippen molar-refractivity contribution in [3.63, 3.8) is 0 Å². The average Bonchev–Trinajstić information content (AvgIpc) is 2.75. The maximum atomic E-state index is 12.3. The van der Waals surface area contributed by atoms with Crippen molar-refractivity contribution in [1.82, 2.24) is 15.3 Å². The van der Waals surface area contributed by atoms with Crippen LogP contribution in [0.25, 0.3) is 0 Å². The third kappa shape index (κ3) is 5.91. The first-order valence-corrected chi connectivity index (χ1v) is 10.5. The van der Waals surface area contributed by atoms with Crippen LogP contribution >= 0.6 is 11.8 Å². The number of nitrogens with zero attached hydrogens (tertiary/aromatic N) is 1. The molecule has 2 aromatic rings. The van der Waals surface area contributed by atoms with Gasteiger partial charge in [0, 0.05) is 36.0 Å². The Bertz CT molecular complexity index is 1070. The number of nitrogens with two attached hydrogens (primary N) is 1. The first kappa shape index (κ1) is 22.9. The number of carboxylic acid groups (broad SMARTS) is 2. The van der Waals surface area contributed by atoms with Crippen molar-refractivity contribution in [2.75, 3.05) is 29.5 Å². The van der Waals surface area contributed by atoms with E-state index in [-0.39, 0.29) is 35.2 Å². The van der Waals surface area contributed by atoms with Crippen LogP contribution in [-0.2, 0) is 9.59 Å². The molecule has 0 aliphatic carbocycles. The number of carbonyl (C=O) groups is 3. The molecule has 1 amide bonds. The zero-order valence-corrected chi connectivity index (χ0v) is 17.6. The number of aromatic nitrogens is 2. The minimum atomic E-state index is -1.30. The predicted molar refractivity (Wildman–Crippen MR) is 118 cm³/mol. The zero-order chi connectivity index (χ0) is 23.3. The SMILES string of the molecule is Nc1nc2c(c(=O)[nH]1)SC(CNc1ccc(C(=O)N[C@@H](CCC(=O)O)C(=O)O)cc1)CN2. The van der Waals surface area contributed by atoms with E-state index in [1.807, 2.05) is 0 Å². The van der Waals surface area contributed by atoms with Crippen LogP contribution in [0.15, 0.2) is 34.0 Å². The first-order chi connectivity index (χ1) is 15.2. The van der Waals surface area contributed by atoms with Gasteiger partial charge < -0.3 is 31.9 Å². The minimum Gasteiger partial charge on any atom is -0.481 e. The maximum Gasteiger partial charge on any atom is 0.326 e. The van der Waals surface area contributed by atoms with Gasteiger partial charge in [-0.3, -0.25) is 19.4 Å². The number of aliphatic carboxylic acids is 2. The summed E-state index contributed by atoms with van der Waals surface area (Å²) in [6.07, 6.45) is -0.578. The lowest BCUT2D eigenvalue weighted by Gasteiger charge is -2.24. The fourth-order valence-electron chi connectivity index (χ4n) is 2.98. The second-order valence-electron chi connectivity index (χ2n) is 7.00. The summed E-state index contributed by atoms with van der Waals surface area (Å²) in [4.78, 5) is 53.2. The molecule has 0 radical (unpaired) electrons. The lowest BCUT2D eigenvalue weighted by Crippen LogP contribution is -2.41. The molecule has 0 spiro atoms. The van der Waals surface area contributed by atoms with E-state index in [0.717, 1.165) is 5.69 Å². The molecule has 12 nitrogen and oxygen atoms in total. The monoisotopic (exact) mass is 462 g/mol. The molecule has 2 atom stereocenters. The zero-order valence-electron chi connectivity index (χ0n) is 16.8. The second-order valence-corrected chi connectivity index (χ2v) is 8.32. The molecule has 2 heterocycles. The lowest BCUT2D eigenvalue weighted by atomic mass is 10.1. The first-order valence-electron chi connectivity index (χ1n) is 9.62. The predicted octanol–water partition coefficient (Wildman–Crippen LogP) is 0.398. The van der Waals surface area contributed by atoms with E-state index in [9.17, 15) is 19.2 Å². The van der Waals surface area contributed by atoms with Crippen LogP contribution in [0.1, 0.15) is 23.2 Å².